The number of rotatable bonds is 4. The summed E-state index contributed by atoms with van der Waals surface area (Å²) in [5.74, 6) is 2.11. The summed E-state index contributed by atoms with van der Waals surface area (Å²) in [5.41, 5.74) is 0.420. The fourth-order valence-electron chi connectivity index (χ4n) is 4.80. The van der Waals surface area contributed by atoms with E-state index in [0.29, 0.717) is 30.2 Å². The van der Waals surface area contributed by atoms with Gasteiger partial charge in [-0.05, 0) is 43.4 Å². The quantitative estimate of drug-likeness (QED) is 0.812. The molecule has 1 spiro atoms. The highest BCUT2D eigenvalue weighted by atomic mass is 16.7. The van der Waals surface area contributed by atoms with Crippen molar-refractivity contribution in [2.45, 2.75) is 50.2 Å². The number of carbonyl (C=O) groups is 1. The van der Waals surface area contributed by atoms with Gasteiger partial charge in [-0.3, -0.25) is 4.79 Å². The van der Waals surface area contributed by atoms with Gasteiger partial charge in [0.2, 0.25) is 6.79 Å². The van der Waals surface area contributed by atoms with Crippen LogP contribution in [0.2, 0.25) is 0 Å². The molecule has 5 rings (SSSR count). The van der Waals surface area contributed by atoms with Crippen molar-refractivity contribution >= 4 is 5.91 Å². The highest BCUT2D eigenvalue weighted by molar-refractivity contribution is 5.95. The summed E-state index contributed by atoms with van der Waals surface area (Å²) in [4.78, 5) is 14.6. The molecule has 3 heterocycles. The van der Waals surface area contributed by atoms with Crippen molar-refractivity contribution in [3.05, 3.63) is 23.8 Å². The molecule has 1 aliphatic carbocycles. The number of ether oxygens (including phenoxy) is 4. The molecule has 2 saturated heterocycles. The van der Waals surface area contributed by atoms with Gasteiger partial charge in [-0.15, -0.1) is 0 Å². The molecule has 0 radical (unpaired) electrons. The maximum absolute atomic E-state index is 12.8. The third-order valence-corrected chi connectivity index (χ3v) is 6.35. The van der Waals surface area contributed by atoms with Crippen LogP contribution in [-0.2, 0) is 9.47 Å². The van der Waals surface area contributed by atoms with Crippen LogP contribution in [0.5, 0.6) is 11.5 Å². The van der Waals surface area contributed by atoms with E-state index in [1.165, 1.54) is 25.7 Å². The molecular formula is C21H27NO5. The van der Waals surface area contributed by atoms with Crippen LogP contribution in [0.3, 0.4) is 0 Å². The summed E-state index contributed by atoms with van der Waals surface area (Å²) >= 11 is 0. The molecule has 146 valence electrons. The van der Waals surface area contributed by atoms with Gasteiger partial charge in [-0.25, -0.2) is 0 Å². The number of hydrogen-bond donors (Lipinski definition) is 0. The van der Waals surface area contributed by atoms with E-state index in [-0.39, 0.29) is 24.4 Å². The van der Waals surface area contributed by atoms with Gasteiger partial charge in [-0.2, -0.15) is 0 Å². The van der Waals surface area contributed by atoms with Gasteiger partial charge in [-0.1, -0.05) is 12.8 Å². The summed E-state index contributed by atoms with van der Waals surface area (Å²) in [6, 6.07) is 5.37. The van der Waals surface area contributed by atoms with Crippen LogP contribution >= 0.6 is 0 Å². The molecule has 0 bridgehead atoms. The molecule has 6 nitrogen and oxygen atoms in total. The standard InChI is InChI=1S/C21H27NO5/c23-20(16-5-6-18-19(9-16)26-14-25-18)22-12-21(13-22)10-17(7-8-27-21)24-11-15-3-1-2-4-15/h5-6,9,15,17H,1-4,7-8,10-14H2. The Balaban J connectivity index is 1.16. The normalized spacial score (nSPS) is 26.4. The molecule has 3 aliphatic heterocycles. The molecule has 4 aliphatic rings. The van der Waals surface area contributed by atoms with E-state index in [4.69, 9.17) is 18.9 Å². The second-order valence-corrected chi connectivity index (χ2v) is 8.36. The smallest absolute Gasteiger partial charge is 0.254 e. The zero-order valence-electron chi connectivity index (χ0n) is 15.7. The highest BCUT2D eigenvalue weighted by Crippen LogP contribution is 2.38. The van der Waals surface area contributed by atoms with Crippen LogP contribution in [-0.4, -0.2) is 55.6 Å². The molecular weight excluding hydrogens is 346 g/mol. The van der Waals surface area contributed by atoms with Gasteiger partial charge in [0.15, 0.2) is 11.5 Å². The van der Waals surface area contributed by atoms with E-state index in [0.717, 1.165) is 32.0 Å². The lowest BCUT2D eigenvalue weighted by Crippen LogP contribution is -2.67. The third kappa shape index (κ3) is 3.41. The third-order valence-electron chi connectivity index (χ3n) is 6.35. The van der Waals surface area contributed by atoms with E-state index in [2.05, 4.69) is 0 Å². The number of nitrogens with zero attached hydrogens (tertiary/aromatic N) is 1. The molecule has 1 atom stereocenters. The fourth-order valence-corrected chi connectivity index (χ4v) is 4.80. The average Bonchev–Trinajstić information content (AvgIpc) is 3.35. The van der Waals surface area contributed by atoms with E-state index in [9.17, 15) is 4.79 Å². The maximum Gasteiger partial charge on any atom is 0.254 e. The monoisotopic (exact) mass is 373 g/mol. The molecule has 1 saturated carbocycles. The number of hydrogen-bond acceptors (Lipinski definition) is 5. The first kappa shape index (κ1) is 17.3. The van der Waals surface area contributed by atoms with Gasteiger partial charge in [0.1, 0.15) is 5.60 Å². The molecule has 1 unspecified atom stereocenters. The van der Waals surface area contributed by atoms with Crippen LogP contribution in [0.4, 0.5) is 0 Å². The largest absolute Gasteiger partial charge is 0.454 e. The number of fused-ring (bicyclic) bond motifs is 1. The summed E-state index contributed by atoms with van der Waals surface area (Å²) in [7, 11) is 0. The van der Waals surface area contributed by atoms with E-state index in [1.807, 2.05) is 4.90 Å². The van der Waals surface area contributed by atoms with Crippen LogP contribution in [0, 0.1) is 5.92 Å². The minimum atomic E-state index is -0.218. The zero-order valence-corrected chi connectivity index (χ0v) is 15.7. The second-order valence-electron chi connectivity index (χ2n) is 8.36. The summed E-state index contributed by atoms with van der Waals surface area (Å²) in [6.07, 6.45) is 7.45. The number of likely N-dealkylation sites (tertiary alicyclic amines) is 1. The van der Waals surface area contributed by atoms with Crippen LogP contribution in [0.15, 0.2) is 18.2 Å². The Labute approximate surface area is 159 Å². The molecule has 3 fully saturated rings. The van der Waals surface area contributed by atoms with E-state index >= 15 is 0 Å². The Morgan fingerprint density at radius 3 is 2.81 bits per heavy atom. The SMILES string of the molecule is O=C(c1ccc2c(c1)OCO2)N1CC2(CC(OCC3CCCC3)CCO2)C1. The number of benzene rings is 1. The van der Waals surface area contributed by atoms with Crippen LogP contribution in [0.25, 0.3) is 0 Å². The summed E-state index contributed by atoms with van der Waals surface area (Å²) in [5, 5.41) is 0. The van der Waals surface area contributed by atoms with Crippen LogP contribution < -0.4 is 9.47 Å². The van der Waals surface area contributed by atoms with Crippen molar-refractivity contribution in [2.75, 3.05) is 33.1 Å². The van der Waals surface area contributed by atoms with Gasteiger partial charge in [0.25, 0.3) is 5.91 Å². The minimum Gasteiger partial charge on any atom is -0.454 e. The number of amides is 1. The fraction of sp³-hybridized carbons (Fsp3) is 0.667. The summed E-state index contributed by atoms with van der Waals surface area (Å²) in [6.45, 7) is 3.12. The highest BCUT2D eigenvalue weighted by Gasteiger charge is 2.49. The Morgan fingerprint density at radius 1 is 1.15 bits per heavy atom. The van der Waals surface area contributed by atoms with Crippen molar-refractivity contribution in [2.24, 2.45) is 5.92 Å². The Bertz CT molecular complexity index is 709. The predicted octanol–water partition coefficient (Wildman–Crippen LogP) is 3.00. The van der Waals surface area contributed by atoms with E-state index < -0.39 is 0 Å². The first-order chi connectivity index (χ1) is 13.2. The van der Waals surface area contributed by atoms with Gasteiger partial charge < -0.3 is 23.8 Å². The first-order valence-corrected chi connectivity index (χ1v) is 10.2. The lowest BCUT2D eigenvalue weighted by Gasteiger charge is -2.53. The Kier molecular flexibility index (Phi) is 4.48. The van der Waals surface area contributed by atoms with Crippen molar-refractivity contribution in [1.29, 1.82) is 0 Å². The number of carbonyl (C=O) groups excluding carboxylic acids is 1. The lowest BCUT2D eigenvalue weighted by atomic mass is 9.84. The predicted molar refractivity (Wildman–Crippen MR) is 98.1 cm³/mol. The van der Waals surface area contributed by atoms with Crippen LogP contribution in [0.1, 0.15) is 48.9 Å². The van der Waals surface area contributed by atoms with E-state index in [1.54, 1.807) is 18.2 Å². The van der Waals surface area contributed by atoms with Crippen molar-refractivity contribution in [3.63, 3.8) is 0 Å². The Morgan fingerprint density at radius 2 is 1.96 bits per heavy atom. The molecule has 1 aromatic rings. The van der Waals surface area contributed by atoms with Crippen molar-refractivity contribution in [1.82, 2.24) is 4.90 Å². The van der Waals surface area contributed by atoms with Crippen molar-refractivity contribution in [3.8, 4) is 11.5 Å². The van der Waals surface area contributed by atoms with Gasteiger partial charge in [0.05, 0.1) is 19.2 Å². The molecule has 0 aromatic heterocycles. The van der Waals surface area contributed by atoms with Gasteiger partial charge in [0, 0.05) is 25.2 Å². The maximum atomic E-state index is 12.8. The van der Waals surface area contributed by atoms with Crippen molar-refractivity contribution < 1.29 is 23.7 Å². The zero-order chi connectivity index (χ0) is 18.3. The molecule has 6 heteroatoms. The second kappa shape index (κ2) is 6.99. The first-order valence-electron chi connectivity index (χ1n) is 10.2. The summed E-state index contributed by atoms with van der Waals surface area (Å²) < 4.78 is 23.0. The lowest BCUT2D eigenvalue weighted by molar-refractivity contribution is -0.187. The minimum absolute atomic E-state index is 0.0246. The Hall–Kier alpha value is -1.79. The molecule has 27 heavy (non-hydrogen) atoms. The molecule has 1 amide bonds. The molecule has 1 aromatic carbocycles. The molecule has 0 N–H and O–H groups in total. The topological polar surface area (TPSA) is 57.2 Å². The van der Waals surface area contributed by atoms with Gasteiger partial charge >= 0.3 is 0 Å². The average molecular weight is 373 g/mol.